The molecular formula is C17H24IN3O. The van der Waals surface area contributed by atoms with Crippen LogP contribution in [-0.4, -0.2) is 25.2 Å². The molecule has 1 aliphatic carbocycles. The first kappa shape index (κ1) is 18.6. The number of nitrogens with zero attached hydrogens (tertiary/aromatic N) is 1. The van der Waals surface area contributed by atoms with Gasteiger partial charge >= 0.3 is 0 Å². The Morgan fingerprint density at radius 2 is 2.14 bits per heavy atom. The fourth-order valence-corrected chi connectivity index (χ4v) is 2.06. The van der Waals surface area contributed by atoms with Crippen molar-refractivity contribution in [3.05, 3.63) is 29.8 Å². The van der Waals surface area contributed by atoms with Gasteiger partial charge in [0.15, 0.2) is 5.96 Å². The molecule has 0 bridgehead atoms. The predicted octanol–water partition coefficient (Wildman–Crippen LogP) is 2.92. The van der Waals surface area contributed by atoms with Crippen LogP contribution >= 0.6 is 24.0 Å². The van der Waals surface area contributed by atoms with Crippen molar-refractivity contribution in [2.45, 2.75) is 38.8 Å². The minimum absolute atomic E-state index is 0. The number of benzene rings is 1. The first-order valence-corrected chi connectivity index (χ1v) is 7.53. The van der Waals surface area contributed by atoms with E-state index >= 15 is 0 Å². The van der Waals surface area contributed by atoms with E-state index in [0.717, 1.165) is 36.7 Å². The van der Waals surface area contributed by atoms with Crippen LogP contribution in [0.3, 0.4) is 0 Å². The maximum absolute atomic E-state index is 6.01. The largest absolute Gasteiger partial charge is 0.490 e. The quantitative estimate of drug-likeness (QED) is 0.326. The summed E-state index contributed by atoms with van der Waals surface area (Å²) in [4.78, 5) is 4.55. The van der Waals surface area contributed by atoms with Gasteiger partial charge in [0.1, 0.15) is 5.75 Å². The Balaban J connectivity index is 0.00000242. The molecule has 0 spiro atoms. The lowest BCUT2D eigenvalue weighted by molar-refractivity contribution is 0.119. The van der Waals surface area contributed by atoms with Crippen LogP contribution < -0.4 is 15.4 Å². The third-order valence-electron chi connectivity index (χ3n) is 3.43. The van der Waals surface area contributed by atoms with Crippen LogP contribution in [0.5, 0.6) is 5.75 Å². The van der Waals surface area contributed by atoms with E-state index in [1.54, 1.807) is 0 Å². The molecule has 0 amide bonds. The Morgan fingerprint density at radius 1 is 1.36 bits per heavy atom. The van der Waals surface area contributed by atoms with Gasteiger partial charge in [0.05, 0.1) is 19.2 Å². The van der Waals surface area contributed by atoms with Crippen LogP contribution in [0.4, 0.5) is 0 Å². The molecule has 1 saturated carbocycles. The monoisotopic (exact) mass is 413 g/mol. The van der Waals surface area contributed by atoms with Crippen molar-refractivity contribution in [1.29, 1.82) is 0 Å². The van der Waals surface area contributed by atoms with Gasteiger partial charge in [-0.3, -0.25) is 0 Å². The summed E-state index contributed by atoms with van der Waals surface area (Å²) < 4.78 is 6.01. The third-order valence-corrected chi connectivity index (χ3v) is 3.43. The summed E-state index contributed by atoms with van der Waals surface area (Å²) in [6.07, 6.45) is 9.23. The normalized spacial score (nSPS) is 14.3. The number of terminal acetylenes is 1. The zero-order valence-electron chi connectivity index (χ0n) is 13.0. The standard InChI is InChI=1S/C17H23N3O.HI/c1-3-12-19-17(18-4-2)20-13-14-8-5-6-11-16(14)21-15-9-7-10-15;/h1,5-6,8,11,15H,4,7,9-10,12-13H2,2H3,(H2,18,19,20);1H. The molecule has 22 heavy (non-hydrogen) atoms. The number of para-hydroxylation sites is 1. The molecule has 2 rings (SSSR count). The topological polar surface area (TPSA) is 45.7 Å². The van der Waals surface area contributed by atoms with Gasteiger partial charge in [-0.25, -0.2) is 4.99 Å². The van der Waals surface area contributed by atoms with Crippen LogP contribution in [0.2, 0.25) is 0 Å². The van der Waals surface area contributed by atoms with Gasteiger partial charge in [-0.2, -0.15) is 0 Å². The molecule has 0 unspecified atom stereocenters. The highest BCUT2D eigenvalue weighted by Crippen LogP contribution is 2.27. The summed E-state index contributed by atoms with van der Waals surface area (Å²) >= 11 is 0. The van der Waals surface area contributed by atoms with Crippen LogP contribution in [0.15, 0.2) is 29.3 Å². The van der Waals surface area contributed by atoms with Crippen molar-refractivity contribution >= 4 is 29.9 Å². The second-order valence-electron chi connectivity index (χ2n) is 5.03. The average molecular weight is 413 g/mol. The molecule has 0 saturated heterocycles. The molecule has 0 aliphatic heterocycles. The maximum atomic E-state index is 6.01. The Morgan fingerprint density at radius 3 is 2.77 bits per heavy atom. The molecule has 0 radical (unpaired) electrons. The van der Waals surface area contributed by atoms with Crippen molar-refractivity contribution in [2.75, 3.05) is 13.1 Å². The number of ether oxygens (including phenoxy) is 1. The van der Waals surface area contributed by atoms with Gasteiger partial charge in [0.2, 0.25) is 0 Å². The van der Waals surface area contributed by atoms with Crippen molar-refractivity contribution in [3.8, 4) is 18.1 Å². The number of rotatable bonds is 6. The summed E-state index contributed by atoms with van der Waals surface area (Å²) in [6.45, 7) is 3.87. The summed E-state index contributed by atoms with van der Waals surface area (Å²) in [6, 6.07) is 8.09. The summed E-state index contributed by atoms with van der Waals surface area (Å²) in [5.41, 5.74) is 1.10. The lowest BCUT2D eigenvalue weighted by Crippen LogP contribution is -2.37. The minimum Gasteiger partial charge on any atom is -0.490 e. The molecule has 120 valence electrons. The Bertz CT molecular complexity index is 521. The number of nitrogens with one attached hydrogen (secondary N) is 2. The fraction of sp³-hybridized carbons (Fsp3) is 0.471. The van der Waals surface area contributed by atoms with E-state index in [9.17, 15) is 0 Å². The highest BCUT2D eigenvalue weighted by molar-refractivity contribution is 14.0. The number of aliphatic imine (C=N–C) groups is 1. The molecule has 5 heteroatoms. The molecule has 1 fully saturated rings. The molecule has 1 aliphatic rings. The van der Waals surface area contributed by atoms with Crippen molar-refractivity contribution in [1.82, 2.24) is 10.6 Å². The van der Waals surface area contributed by atoms with Gasteiger partial charge in [-0.15, -0.1) is 30.4 Å². The van der Waals surface area contributed by atoms with Gasteiger partial charge < -0.3 is 15.4 Å². The zero-order valence-corrected chi connectivity index (χ0v) is 15.3. The summed E-state index contributed by atoms with van der Waals surface area (Å²) in [5, 5.41) is 6.26. The van der Waals surface area contributed by atoms with E-state index in [1.165, 1.54) is 6.42 Å². The highest BCUT2D eigenvalue weighted by atomic mass is 127. The van der Waals surface area contributed by atoms with Crippen LogP contribution in [0.25, 0.3) is 0 Å². The number of hydrogen-bond acceptors (Lipinski definition) is 2. The van der Waals surface area contributed by atoms with E-state index in [4.69, 9.17) is 11.2 Å². The molecule has 4 nitrogen and oxygen atoms in total. The third kappa shape index (κ3) is 5.76. The van der Waals surface area contributed by atoms with E-state index in [-0.39, 0.29) is 24.0 Å². The lowest BCUT2D eigenvalue weighted by Gasteiger charge is -2.27. The summed E-state index contributed by atoms with van der Waals surface area (Å²) in [5.74, 6) is 4.22. The predicted molar refractivity (Wildman–Crippen MR) is 102 cm³/mol. The first-order chi connectivity index (χ1) is 10.3. The molecule has 0 heterocycles. The van der Waals surface area contributed by atoms with Gasteiger partial charge in [-0.05, 0) is 32.3 Å². The lowest BCUT2D eigenvalue weighted by atomic mass is 9.96. The average Bonchev–Trinajstić information content (AvgIpc) is 2.47. The van der Waals surface area contributed by atoms with Crippen LogP contribution in [-0.2, 0) is 6.54 Å². The van der Waals surface area contributed by atoms with Crippen molar-refractivity contribution in [3.63, 3.8) is 0 Å². The van der Waals surface area contributed by atoms with Gasteiger partial charge in [-0.1, -0.05) is 24.1 Å². The molecule has 1 aromatic carbocycles. The number of hydrogen-bond donors (Lipinski definition) is 2. The number of guanidine groups is 1. The van der Waals surface area contributed by atoms with E-state index in [0.29, 0.717) is 19.2 Å². The fourth-order valence-electron chi connectivity index (χ4n) is 2.06. The minimum atomic E-state index is 0. The molecule has 2 N–H and O–H groups in total. The van der Waals surface area contributed by atoms with Crippen LogP contribution in [0.1, 0.15) is 31.7 Å². The molecule has 0 aromatic heterocycles. The maximum Gasteiger partial charge on any atom is 0.192 e. The summed E-state index contributed by atoms with van der Waals surface area (Å²) in [7, 11) is 0. The van der Waals surface area contributed by atoms with Crippen LogP contribution in [0, 0.1) is 12.3 Å². The van der Waals surface area contributed by atoms with E-state index in [2.05, 4.69) is 27.6 Å². The smallest absolute Gasteiger partial charge is 0.192 e. The Labute approximate surface area is 150 Å². The SMILES string of the molecule is C#CCNC(=NCc1ccccc1OC1CCC1)NCC.I. The Kier molecular flexibility index (Phi) is 8.75. The molecular weight excluding hydrogens is 389 g/mol. The first-order valence-electron chi connectivity index (χ1n) is 7.53. The second kappa shape index (κ2) is 10.3. The van der Waals surface area contributed by atoms with Gasteiger partial charge in [0.25, 0.3) is 0 Å². The van der Waals surface area contributed by atoms with E-state index < -0.39 is 0 Å². The Hall–Kier alpha value is -1.42. The zero-order chi connectivity index (χ0) is 14.9. The van der Waals surface area contributed by atoms with Crippen molar-refractivity contribution in [2.24, 2.45) is 4.99 Å². The molecule has 1 aromatic rings. The van der Waals surface area contributed by atoms with Gasteiger partial charge in [0, 0.05) is 12.1 Å². The van der Waals surface area contributed by atoms with E-state index in [1.807, 2.05) is 25.1 Å². The number of halogens is 1. The van der Waals surface area contributed by atoms with Crippen molar-refractivity contribution < 1.29 is 4.74 Å². The second-order valence-corrected chi connectivity index (χ2v) is 5.03. The highest BCUT2D eigenvalue weighted by Gasteiger charge is 2.20. The molecule has 0 atom stereocenters.